The number of rotatable bonds is 5. The van der Waals surface area contributed by atoms with Gasteiger partial charge in [-0.2, -0.15) is 0 Å². The molecule has 2 rings (SSSR count). The molecule has 4 nitrogen and oxygen atoms in total. The smallest absolute Gasteiger partial charge is 0.252 e. The SMILES string of the molecule is COc1ccc(OC)c(C(C)NC(=O)c2cc(C)sc2C)c1. The Morgan fingerprint density at radius 1 is 1.18 bits per heavy atom. The first-order chi connectivity index (χ1) is 10.5. The summed E-state index contributed by atoms with van der Waals surface area (Å²) in [5.74, 6) is 1.39. The van der Waals surface area contributed by atoms with Gasteiger partial charge < -0.3 is 14.8 Å². The molecule has 0 bridgehead atoms. The first kappa shape index (κ1) is 16.4. The Kier molecular flexibility index (Phi) is 5.08. The van der Waals surface area contributed by atoms with Crippen LogP contribution in [0.4, 0.5) is 0 Å². The van der Waals surface area contributed by atoms with Gasteiger partial charge in [-0.15, -0.1) is 11.3 Å². The molecule has 0 spiro atoms. The lowest BCUT2D eigenvalue weighted by atomic mass is 10.1. The van der Waals surface area contributed by atoms with Crippen molar-refractivity contribution < 1.29 is 14.3 Å². The van der Waals surface area contributed by atoms with Gasteiger partial charge in [-0.1, -0.05) is 0 Å². The molecule has 1 aromatic carbocycles. The standard InChI is InChI=1S/C17H21NO3S/c1-10-8-15(12(3)22-10)17(19)18-11(2)14-9-13(20-4)6-7-16(14)21-5/h6-9,11H,1-5H3,(H,18,19). The summed E-state index contributed by atoms with van der Waals surface area (Å²) >= 11 is 1.63. The van der Waals surface area contributed by atoms with E-state index in [0.29, 0.717) is 0 Å². The predicted octanol–water partition coefficient (Wildman–Crippen LogP) is 3.87. The van der Waals surface area contributed by atoms with Gasteiger partial charge in [0.05, 0.1) is 25.8 Å². The van der Waals surface area contributed by atoms with E-state index in [1.54, 1.807) is 25.6 Å². The molecule has 0 aliphatic carbocycles. The fraction of sp³-hybridized carbons (Fsp3) is 0.353. The van der Waals surface area contributed by atoms with Gasteiger partial charge in [-0.25, -0.2) is 0 Å². The molecule has 0 aliphatic heterocycles. The molecule has 1 amide bonds. The summed E-state index contributed by atoms with van der Waals surface area (Å²) < 4.78 is 10.6. The van der Waals surface area contributed by atoms with Crippen molar-refractivity contribution in [2.75, 3.05) is 14.2 Å². The summed E-state index contributed by atoms with van der Waals surface area (Å²) in [5.41, 5.74) is 1.62. The zero-order valence-electron chi connectivity index (χ0n) is 13.5. The summed E-state index contributed by atoms with van der Waals surface area (Å²) in [7, 11) is 3.23. The molecular weight excluding hydrogens is 298 g/mol. The summed E-state index contributed by atoms with van der Waals surface area (Å²) in [5, 5.41) is 3.02. The largest absolute Gasteiger partial charge is 0.497 e. The van der Waals surface area contributed by atoms with Crippen LogP contribution in [0.15, 0.2) is 24.3 Å². The van der Waals surface area contributed by atoms with Crippen LogP contribution in [0.2, 0.25) is 0 Å². The molecule has 1 unspecified atom stereocenters. The molecule has 0 saturated carbocycles. The van der Waals surface area contributed by atoms with E-state index in [1.165, 1.54) is 0 Å². The molecule has 0 aliphatic rings. The van der Waals surface area contributed by atoms with Crippen molar-refractivity contribution in [3.05, 3.63) is 45.1 Å². The monoisotopic (exact) mass is 319 g/mol. The average molecular weight is 319 g/mol. The van der Waals surface area contributed by atoms with Gasteiger partial charge in [0.1, 0.15) is 11.5 Å². The highest BCUT2D eigenvalue weighted by molar-refractivity contribution is 7.12. The van der Waals surface area contributed by atoms with Gasteiger partial charge >= 0.3 is 0 Å². The maximum absolute atomic E-state index is 12.4. The van der Waals surface area contributed by atoms with Crippen molar-refractivity contribution in [3.8, 4) is 11.5 Å². The Bertz CT molecular complexity index is 679. The Labute approximate surface area is 135 Å². The zero-order chi connectivity index (χ0) is 16.3. The summed E-state index contributed by atoms with van der Waals surface area (Å²) in [6.45, 7) is 5.90. The van der Waals surface area contributed by atoms with Crippen LogP contribution >= 0.6 is 11.3 Å². The number of methoxy groups -OCH3 is 2. The lowest BCUT2D eigenvalue weighted by Crippen LogP contribution is -2.27. The molecular formula is C17H21NO3S. The Morgan fingerprint density at radius 2 is 1.91 bits per heavy atom. The molecule has 1 aromatic heterocycles. The van der Waals surface area contributed by atoms with Gasteiger partial charge in [0.2, 0.25) is 0 Å². The highest BCUT2D eigenvalue weighted by Gasteiger charge is 2.18. The summed E-state index contributed by atoms with van der Waals surface area (Å²) in [4.78, 5) is 14.6. The molecule has 118 valence electrons. The van der Waals surface area contributed by atoms with Crippen LogP contribution in [0.1, 0.15) is 38.6 Å². The second kappa shape index (κ2) is 6.83. The number of ether oxygens (including phenoxy) is 2. The second-order valence-electron chi connectivity index (χ2n) is 5.13. The lowest BCUT2D eigenvalue weighted by Gasteiger charge is -2.18. The molecule has 5 heteroatoms. The molecule has 0 fully saturated rings. The lowest BCUT2D eigenvalue weighted by molar-refractivity contribution is 0.0939. The van der Waals surface area contributed by atoms with E-state index in [-0.39, 0.29) is 11.9 Å². The number of thiophene rings is 1. The number of aryl methyl sites for hydroxylation is 2. The number of amides is 1. The maximum atomic E-state index is 12.4. The van der Waals surface area contributed by atoms with Crippen molar-refractivity contribution in [2.24, 2.45) is 0 Å². The van der Waals surface area contributed by atoms with Crippen molar-refractivity contribution in [1.82, 2.24) is 5.32 Å². The van der Waals surface area contributed by atoms with Gasteiger partial charge in [0.15, 0.2) is 0 Å². The first-order valence-corrected chi connectivity index (χ1v) is 7.87. The molecule has 22 heavy (non-hydrogen) atoms. The normalized spacial score (nSPS) is 11.9. The van der Waals surface area contributed by atoms with Crippen LogP contribution in [0.5, 0.6) is 11.5 Å². The highest BCUT2D eigenvalue weighted by Crippen LogP contribution is 2.30. The number of nitrogens with one attached hydrogen (secondary N) is 1. The minimum atomic E-state index is -0.183. The number of hydrogen-bond donors (Lipinski definition) is 1. The van der Waals surface area contributed by atoms with Crippen LogP contribution in [0.25, 0.3) is 0 Å². The van der Waals surface area contributed by atoms with Crippen LogP contribution < -0.4 is 14.8 Å². The van der Waals surface area contributed by atoms with Crippen molar-refractivity contribution in [3.63, 3.8) is 0 Å². The first-order valence-electron chi connectivity index (χ1n) is 7.06. The molecule has 1 heterocycles. The topological polar surface area (TPSA) is 47.6 Å². The fourth-order valence-electron chi connectivity index (χ4n) is 2.39. The van der Waals surface area contributed by atoms with Gasteiger partial charge in [0, 0.05) is 15.3 Å². The molecule has 1 N–H and O–H groups in total. The fourth-order valence-corrected chi connectivity index (χ4v) is 3.31. The van der Waals surface area contributed by atoms with E-state index in [4.69, 9.17) is 9.47 Å². The van der Waals surface area contributed by atoms with E-state index in [1.807, 2.05) is 45.0 Å². The van der Waals surface area contributed by atoms with E-state index in [2.05, 4.69) is 5.32 Å². The quantitative estimate of drug-likeness (QED) is 0.910. The van der Waals surface area contributed by atoms with Crippen molar-refractivity contribution in [2.45, 2.75) is 26.8 Å². The third-order valence-corrected chi connectivity index (χ3v) is 4.50. The third kappa shape index (κ3) is 3.42. The van der Waals surface area contributed by atoms with Crippen molar-refractivity contribution >= 4 is 17.2 Å². The van der Waals surface area contributed by atoms with E-state index in [0.717, 1.165) is 32.4 Å². The van der Waals surface area contributed by atoms with E-state index >= 15 is 0 Å². The number of hydrogen-bond acceptors (Lipinski definition) is 4. The van der Waals surface area contributed by atoms with Gasteiger partial charge in [-0.3, -0.25) is 4.79 Å². The van der Waals surface area contributed by atoms with Crippen LogP contribution in [0, 0.1) is 13.8 Å². The second-order valence-corrected chi connectivity index (χ2v) is 6.59. The Balaban J connectivity index is 2.23. The van der Waals surface area contributed by atoms with Gasteiger partial charge in [-0.05, 0) is 45.0 Å². The van der Waals surface area contributed by atoms with E-state index in [9.17, 15) is 4.79 Å². The minimum Gasteiger partial charge on any atom is -0.497 e. The van der Waals surface area contributed by atoms with Gasteiger partial charge in [0.25, 0.3) is 5.91 Å². The average Bonchev–Trinajstić information content (AvgIpc) is 2.85. The zero-order valence-corrected chi connectivity index (χ0v) is 14.3. The van der Waals surface area contributed by atoms with Crippen LogP contribution in [-0.4, -0.2) is 20.1 Å². The Morgan fingerprint density at radius 3 is 2.45 bits per heavy atom. The summed E-state index contributed by atoms with van der Waals surface area (Å²) in [6.07, 6.45) is 0. The number of benzene rings is 1. The third-order valence-electron chi connectivity index (χ3n) is 3.54. The highest BCUT2D eigenvalue weighted by atomic mass is 32.1. The number of carbonyl (C=O) groups is 1. The minimum absolute atomic E-state index is 0.0702. The Hall–Kier alpha value is -2.01. The molecule has 1 atom stereocenters. The number of carbonyl (C=O) groups excluding carboxylic acids is 1. The van der Waals surface area contributed by atoms with Crippen LogP contribution in [-0.2, 0) is 0 Å². The maximum Gasteiger partial charge on any atom is 0.252 e. The molecule has 0 radical (unpaired) electrons. The van der Waals surface area contributed by atoms with E-state index < -0.39 is 0 Å². The molecule has 2 aromatic rings. The summed E-state index contributed by atoms with van der Waals surface area (Å²) in [6, 6.07) is 7.30. The van der Waals surface area contributed by atoms with Crippen LogP contribution in [0.3, 0.4) is 0 Å². The molecule has 0 saturated heterocycles. The van der Waals surface area contributed by atoms with Crippen molar-refractivity contribution in [1.29, 1.82) is 0 Å². The predicted molar refractivity (Wildman–Crippen MR) is 89.2 cm³/mol.